The fraction of sp³-hybridized carbons (Fsp3) is 0.346. The lowest BCUT2D eigenvalue weighted by Gasteiger charge is -2.30. The highest BCUT2D eigenvalue weighted by Crippen LogP contribution is 2.50. The molecule has 0 saturated heterocycles. The van der Waals surface area contributed by atoms with Crippen LogP contribution in [0, 0.1) is 6.92 Å². The van der Waals surface area contributed by atoms with Crippen LogP contribution in [0.15, 0.2) is 53.8 Å². The summed E-state index contributed by atoms with van der Waals surface area (Å²) in [6, 6.07) is 7.34. The summed E-state index contributed by atoms with van der Waals surface area (Å²) in [5, 5.41) is 5.80. The number of carbonyl (C=O) groups excluding carboxylic acids is 2. The molecule has 1 aromatic carbocycles. The number of hydrogen-bond acceptors (Lipinski definition) is 4. The van der Waals surface area contributed by atoms with Gasteiger partial charge in [0.05, 0.1) is 41.7 Å². The number of amides is 1. The molecule has 1 unspecified atom stereocenters. The number of fused-ring (bicyclic) bond motifs is 1. The number of carbonyl (C=O) groups is 2. The number of alkyl halides is 9. The molecule has 3 aromatic rings. The van der Waals surface area contributed by atoms with Crippen LogP contribution in [0.1, 0.15) is 52.0 Å². The average Bonchev–Trinajstić information content (AvgIpc) is 3.52. The number of hydrogen-bond donors (Lipinski definition) is 1. The van der Waals surface area contributed by atoms with Crippen molar-refractivity contribution in [2.24, 2.45) is 5.16 Å². The lowest BCUT2D eigenvalue weighted by molar-refractivity contribution is -0.276. The van der Waals surface area contributed by atoms with Crippen LogP contribution in [-0.4, -0.2) is 40.7 Å². The first kappa shape index (κ1) is 29.9. The summed E-state index contributed by atoms with van der Waals surface area (Å²) in [5.74, 6) is -1.68. The molecule has 0 aliphatic carbocycles. The van der Waals surface area contributed by atoms with Crippen LogP contribution < -0.4 is 5.32 Å². The summed E-state index contributed by atoms with van der Waals surface area (Å²) in [7, 11) is 0. The van der Waals surface area contributed by atoms with Crippen molar-refractivity contribution in [1.29, 1.82) is 0 Å². The van der Waals surface area contributed by atoms with Gasteiger partial charge in [0.25, 0.3) is 11.5 Å². The van der Waals surface area contributed by atoms with E-state index < -0.39 is 72.8 Å². The Kier molecular flexibility index (Phi) is 7.60. The number of pyridine rings is 1. The number of Topliss-reactive ketones (excluding diaryl/α,β-unsaturated/α-hetero) is 1. The molecule has 1 amide bonds. The van der Waals surface area contributed by atoms with Crippen LogP contribution in [0.5, 0.6) is 0 Å². The number of halogens is 9. The normalized spacial score (nSPS) is 17.9. The van der Waals surface area contributed by atoms with Gasteiger partial charge in [0.2, 0.25) is 0 Å². The predicted molar refractivity (Wildman–Crippen MR) is 126 cm³/mol. The topological polar surface area (TPSA) is 72.2 Å². The van der Waals surface area contributed by atoms with E-state index in [4.69, 9.17) is 4.84 Å². The van der Waals surface area contributed by atoms with Gasteiger partial charge in [-0.2, -0.15) is 39.5 Å². The van der Waals surface area contributed by atoms with Crippen LogP contribution in [0.25, 0.3) is 5.52 Å². The van der Waals surface area contributed by atoms with Gasteiger partial charge in [-0.1, -0.05) is 16.8 Å². The molecule has 6 nitrogen and oxygen atoms in total. The maximum Gasteiger partial charge on any atom is 0.435 e. The summed E-state index contributed by atoms with van der Waals surface area (Å²) >= 11 is 0. The molecule has 0 radical (unpaired) electrons. The van der Waals surface area contributed by atoms with Crippen LogP contribution >= 0.6 is 0 Å². The number of nitrogens with one attached hydrogen (secondary N) is 1. The van der Waals surface area contributed by atoms with Crippen molar-refractivity contribution in [3.63, 3.8) is 0 Å². The van der Waals surface area contributed by atoms with Crippen molar-refractivity contribution < 1.29 is 53.9 Å². The second kappa shape index (κ2) is 10.4. The summed E-state index contributed by atoms with van der Waals surface area (Å²) < 4.78 is 122. The highest BCUT2D eigenvalue weighted by molar-refractivity contribution is 6.06. The molecule has 0 bridgehead atoms. The molecular formula is C26H20F9N3O3. The molecule has 1 aliphatic rings. The Morgan fingerprint density at radius 3 is 2.37 bits per heavy atom. The Bertz CT molecular complexity index is 1520. The highest BCUT2D eigenvalue weighted by Gasteiger charge is 2.62. The summed E-state index contributed by atoms with van der Waals surface area (Å²) in [6.07, 6.45) is -16.4. The predicted octanol–water partition coefficient (Wildman–Crippen LogP) is 6.49. The molecule has 41 heavy (non-hydrogen) atoms. The Balaban J connectivity index is 1.62. The first-order valence-corrected chi connectivity index (χ1v) is 11.9. The van der Waals surface area contributed by atoms with Gasteiger partial charge in [0.1, 0.15) is 5.71 Å². The fourth-order valence-corrected chi connectivity index (χ4v) is 4.43. The number of ketones is 1. The molecular weight excluding hydrogens is 573 g/mol. The molecule has 3 heterocycles. The molecule has 4 rings (SSSR count). The van der Waals surface area contributed by atoms with Gasteiger partial charge in [0.15, 0.2) is 5.78 Å². The average molecular weight is 593 g/mol. The van der Waals surface area contributed by atoms with Gasteiger partial charge in [-0.05, 0) is 43.3 Å². The molecule has 0 spiro atoms. The fourth-order valence-electron chi connectivity index (χ4n) is 4.43. The Labute approximate surface area is 225 Å². The maximum absolute atomic E-state index is 14.4. The smallest absolute Gasteiger partial charge is 0.374 e. The number of nitrogens with zero attached hydrogens (tertiary/aromatic N) is 2. The number of aryl methyl sites for hydroxylation is 1. The van der Waals surface area contributed by atoms with E-state index in [0.29, 0.717) is 12.1 Å². The summed E-state index contributed by atoms with van der Waals surface area (Å²) in [6.45, 7) is 0.547. The van der Waals surface area contributed by atoms with E-state index in [1.165, 1.54) is 41.8 Å². The highest BCUT2D eigenvalue weighted by atomic mass is 19.4. The molecule has 1 aliphatic heterocycles. The number of aromatic nitrogens is 1. The van der Waals surface area contributed by atoms with E-state index in [0.717, 1.165) is 6.07 Å². The van der Waals surface area contributed by atoms with E-state index in [9.17, 15) is 49.1 Å². The van der Waals surface area contributed by atoms with Crippen molar-refractivity contribution in [3.8, 4) is 0 Å². The van der Waals surface area contributed by atoms with Crippen LogP contribution in [0.2, 0.25) is 0 Å². The lowest BCUT2D eigenvalue weighted by Crippen LogP contribution is -2.43. The van der Waals surface area contributed by atoms with Gasteiger partial charge in [-0.25, -0.2) is 0 Å². The van der Waals surface area contributed by atoms with Gasteiger partial charge < -0.3 is 14.6 Å². The number of benzene rings is 1. The third kappa shape index (κ3) is 6.17. The zero-order chi connectivity index (χ0) is 30.4. The molecule has 220 valence electrons. The first-order chi connectivity index (χ1) is 18.9. The van der Waals surface area contributed by atoms with Crippen molar-refractivity contribution in [3.05, 3.63) is 76.6 Å². The van der Waals surface area contributed by atoms with Crippen molar-refractivity contribution in [2.75, 3.05) is 6.54 Å². The Hall–Kier alpha value is -4.04. The molecule has 0 fully saturated rings. The first-order valence-electron chi connectivity index (χ1n) is 11.9. The van der Waals surface area contributed by atoms with Crippen LogP contribution in [0.4, 0.5) is 39.5 Å². The molecule has 15 heteroatoms. The minimum Gasteiger partial charge on any atom is -0.374 e. The maximum atomic E-state index is 14.4. The monoisotopic (exact) mass is 593 g/mol. The number of oxime groups is 1. The van der Waals surface area contributed by atoms with Gasteiger partial charge in [-0.15, -0.1) is 0 Å². The van der Waals surface area contributed by atoms with E-state index in [1.807, 2.05) is 0 Å². The lowest BCUT2D eigenvalue weighted by atomic mass is 9.85. The van der Waals surface area contributed by atoms with E-state index in [2.05, 4.69) is 10.5 Å². The van der Waals surface area contributed by atoms with Crippen LogP contribution in [-0.2, 0) is 21.4 Å². The van der Waals surface area contributed by atoms with Gasteiger partial charge in [0, 0.05) is 18.2 Å². The van der Waals surface area contributed by atoms with Crippen molar-refractivity contribution in [2.45, 2.75) is 50.3 Å². The van der Waals surface area contributed by atoms with Gasteiger partial charge >= 0.3 is 18.5 Å². The standard InChI is InChI=1S/C26H20F9N3O3/c1-14-9-15(11-16(10-14)25(30,31)32)23(26(33,34)35)12-19(37-41-23)21-5-4-18(20-3-2-8-38(20)21)22(40)36-13-17(39)6-7-24(27,28)29/h2-5,8-11H,6-7,12-13H2,1H3,(H,36,40). The summed E-state index contributed by atoms with van der Waals surface area (Å²) in [5.41, 5.74) is -5.48. The molecule has 1 N–H and O–H groups in total. The van der Waals surface area contributed by atoms with E-state index >= 15 is 0 Å². The number of rotatable bonds is 7. The van der Waals surface area contributed by atoms with Gasteiger partial charge in [-0.3, -0.25) is 9.59 Å². The minimum atomic E-state index is -5.18. The van der Waals surface area contributed by atoms with Crippen LogP contribution in [0.3, 0.4) is 0 Å². The van der Waals surface area contributed by atoms with E-state index in [-0.39, 0.29) is 28.0 Å². The summed E-state index contributed by atoms with van der Waals surface area (Å²) in [4.78, 5) is 29.3. The second-order valence-electron chi connectivity index (χ2n) is 9.45. The Morgan fingerprint density at radius 1 is 1.02 bits per heavy atom. The third-order valence-electron chi connectivity index (χ3n) is 6.42. The molecule has 0 saturated carbocycles. The Morgan fingerprint density at radius 2 is 1.73 bits per heavy atom. The second-order valence-corrected chi connectivity index (χ2v) is 9.45. The van der Waals surface area contributed by atoms with Crippen molar-refractivity contribution in [1.82, 2.24) is 9.72 Å². The van der Waals surface area contributed by atoms with Crippen molar-refractivity contribution >= 4 is 22.9 Å². The molecule has 2 aromatic heterocycles. The molecule has 1 atom stereocenters. The van der Waals surface area contributed by atoms with E-state index in [1.54, 1.807) is 0 Å². The zero-order valence-corrected chi connectivity index (χ0v) is 21.0. The quantitative estimate of drug-likeness (QED) is 0.319. The minimum absolute atomic E-state index is 0.0395. The largest absolute Gasteiger partial charge is 0.435 e. The third-order valence-corrected chi connectivity index (χ3v) is 6.42. The SMILES string of the molecule is Cc1cc(C(F)(F)F)cc(C2(C(F)(F)F)CC(c3ccc(C(=O)NCC(=O)CCC(F)(F)F)c4cccn34)=NO2)c1. The zero-order valence-electron chi connectivity index (χ0n) is 21.0.